The zero-order valence-electron chi connectivity index (χ0n) is 14.1. The molecular weight excluding hydrogens is 352 g/mol. The van der Waals surface area contributed by atoms with E-state index in [4.69, 9.17) is 4.74 Å². The van der Waals surface area contributed by atoms with Crippen LogP contribution in [0.5, 0.6) is 5.75 Å². The van der Waals surface area contributed by atoms with Gasteiger partial charge in [0.05, 0.1) is 7.11 Å². The highest BCUT2D eigenvalue weighted by Crippen LogP contribution is 2.26. The second-order valence-electron chi connectivity index (χ2n) is 5.73. The summed E-state index contributed by atoms with van der Waals surface area (Å²) in [5.74, 6) is -0.108. The molecular formula is C15H22N2O5S2. The Balaban J connectivity index is 2.37. The summed E-state index contributed by atoms with van der Waals surface area (Å²) in [6.07, 6.45) is 0. The number of carbonyl (C=O) groups is 1. The van der Waals surface area contributed by atoms with E-state index in [0.717, 1.165) is 0 Å². The van der Waals surface area contributed by atoms with Crippen LogP contribution in [0.1, 0.15) is 24.2 Å². The van der Waals surface area contributed by atoms with Crippen LogP contribution in [0.4, 0.5) is 0 Å². The first-order valence-corrected chi connectivity index (χ1v) is 10.3. The van der Waals surface area contributed by atoms with Crippen molar-refractivity contribution in [1.29, 1.82) is 0 Å². The molecule has 2 rings (SSSR count). The lowest BCUT2D eigenvalue weighted by molar-refractivity contribution is 0.0751. The molecule has 7 nitrogen and oxygen atoms in total. The molecule has 1 aromatic rings. The molecule has 134 valence electrons. The molecule has 1 fully saturated rings. The Bertz CT molecular complexity index is 749. The van der Waals surface area contributed by atoms with Crippen molar-refractivity contribution >= 4 is 26.7 Å². The lowest BCUT2D eigenvalue weighted by Crippen LogP contribution is -2.49. The summed E-state index contributed by atoms with van der Waals surface area (Å²) in [5.41, 5.74) is 0.261. The minimum absolute atomic E-state index is 0.0833. The van der Waals surface area contributed by atoms with Crippen LogP contribution in [-0.4, -0.2) is 61.2 Å². The maximum atomic E-state index is 12.7. The van der Waals surface area contributed by atoms with Gasteiger partial charge in [0.25, 0.3) is 5.91 Å². The number of nitrogens with one attached hydrogen (secondary N) is 1. The molecule has 24 heavy (non-hydrogen) atoms. The topological polar surface area (TPSA) is 92.8 Å². The standard InChI is InChI=1S/C15H22N2O5S2/c1-10-8-17(9-11(2)23(10)19)15(18)12-5-6-13(22-4)14(7-12)24(20,21)16-3/h5-7,10-11,16H,8-9H2,1-4H3. The lowest BCUT2D eigenvalue weighted by Gasteiger charge is -2.34. The average Bonchev–Trinajstić information content (AvgIpc) is 2.57. The molecule has 9 heteroatoms. The van der Waals surface area contributed by atoms with E-state index in [9.17, 15) is 17.4 Å². The van der Waals surface area contributed by atoms with Gasteiger partial charge in [-0.1, -0.05) is 0 Å². The molecule has 2 atom stereocenters. The van der Waals surface area contributed by atoms with Crippen LogP contribution in [0.15, 0.2) is 23.1 Å². The zero-order valence-corrected chi connectivity index (χ0v) is 15.7. The van der Waals surface area contributed by atoms with E-state index in [1.54, 1.807) is 4.90 Å². The van der Waals surface area contributed by atoms with Crippen molar-refractivity contribution in [3.63, 3.8) is 0 Å². The SMILES string of the molecule is CNS(=O)(=O)c1cc(C(=O)N2CC(C)S(=O)C(C)C2)ccc1OC. The van der Waals surface area contributed by atoms with E-state index in [2.05, 4.69) is 4.72 Å². The number of hydrogen-bond donors (Lipinski definition) is 1. The number of carbonyl (C=O) groups excluding carboxylic acids is 1. The molecule has 1 saturated heterocycles. The first kappa shape index (κ1) is 18.9. The van der Waals surface area contributed by atoms with Crippen LogP contribution in [0.2, 0.25) is 0 Å². The molecule has 1 aliphatic rings. The van der Waals surface area contributed by atoms with Gasteiger partial charge < -0.3 is 9.64 Å². The van der Waals surface area contributed by atoms with Gasteiger partial charge in [0.1, 0.15) is 10.6 Å². The van der Waals surface area contributed by atoms with E-state index < -0.39 is 20.8 Å². The summed E-state index contributed by atoms with van der Waals surface area (Å²) in [6.45, 7) is 4.46. The third-order valence-electron chi connectivity index (χ3n) is 4.00. The van der Waals surface area contributed by atoms with Gasteiger partial charge in [0, 0.05) is 40.0 Å². The molecule has 0 radical (unpaired) electrons. The zero-order chi connectivity index (χ0) is 18.1. The summed E-state index contributed by atoms with van der Waals surface area (Å²) in [5, 5.41) is -0.229. The number of rotatable bonds is 4. The molecule has 1 heterocycles. The van der Waals surface area contributed by atoms with Crippen LogP contribution >= 0.6 is 0 Å². The maximum Gasteiger partial charge on any atom is 0.253 e. The third kappa shape index (κ3) is 3.62. The van der Waals surface area contributed by atoms with Crippen LogP contribution in [0.25, 0.3) is 0 Å². The highest BCUT2D eigenvalue weighted by molar-refractivity contribution is 7.89. The molecule has 1 aliphatic heterocycles. The minimum atomic E-state index is -3.75. The van der Waals surface area contributed by atoms with Gasteiger partial charge in [-0.2, -0.15) is 0 Å². The fourth-order valence-electron chi connectivity index (χ4n) is 2.72. The van der Waals surface area contributed by atoms with Gasteiger partial charge in [0.2, 0.25) is 10.0 Å². The third-order valence-corrected chi connectivity index (χ3v) is 7.32. The largest absolute Gasteiger partial charge is 0.495 e. The summed E-state index contributed by atoms with van der Waals surface area (Å²) in [4.78, 5) is 14.3. The number of nitrogens with zero attached hydrogens (tertiary/aromatic N) is 1. The monoisotopic (exact) mass is 374 g/mol. The Morgan fingerprint density at radius 2 is 1.88 bits per heavy atom. The Hall–Kier alpha value is -1.45. The molecule has 0 aliphatic carbocycles. The summed E-state index contributed by atoms with van der Waals surface area (Å²) in [6, 6.07) is 4.32. The Morgan fingerprint density at radius 3 is 2.38 bits per heavy atom. The Labute approximate surface area is 144 Å². The Morgan fingerprint density at radius 1 is 1.29 bits per heavy atom. The summed E-state index contributed by atoms with van der Waals surface area (Å²) < 4.78 is 43.6. The van der Waals surface area contributed by atoms with Gasteiger partial charge in [-0.3, -0.25) is 9.00 Å². The number of amides is 1. The number of ether oxygens (including phenoxy) is 1. The molecule has 1 amide bonds. The van der Waals surface area contributed by atoms with Gasteiger partial charge in [-0.05, 0) is 39.1 Å². The van der Waals surface area contributed by atoms with E-state index in [0.29, 0.717) is 13.1 Å². The molecule has 2 unspecified atom stereocenters. The molecule has 1 N–H and O–H groups in total. The molecule has 0 saturated carbocycles. The molecule has 0 aromatic heterocycles. The number of benzene rings is 1. The summed E-state index contributed by atoms with van der Waals surface area (Å²) in [7, 11) is -2.05. The van der Waals surface area contributed by atoms with Gasteiger partial charge in [-0.25, -0.2) is 13.1 Å². The van der Waals surface area contributed by atoms with Crippen molar-refractivity contribution in [2.45, 2.75) is 29.2 Å². The van der Waals surface area contributed by atoms with Crippen molar-refractivity contribution in [3.8, 4) is 5.75 Å². The van der Waals surface area contributed by atoms with Gasteiger partial charge >= 0.3 is 0 Å². The van der Waals surface area contributed by atoms with E-state index >= 15 is 0 Å². The highest BCUT2D eigenvalue weighted by Gasteiger charge is 2.32. The van der Waals surface area contributed by atoms with Crippen molar-refractivity contribution in [2.24, 2.45) is 0 Å². The second kappa shape index (κ2) is 7.20. The van der Waals surface area contributed by atoms with Crippen molar-refractivity contribution in [2.75, 3.05) is 27.2 Å². The maximum absolute atomic E-state index is 12.7. The van der Waals surface area contributed by atoms with Crippen molar-refractivity contribution < 1.29 is 22.2 Å². The number of sulfonamides is 1. The van der Waals surface area contributed by atoms with Crippen LogP contribution in [0.3, 0.4) is 0 Å². The van der Waals surface area contributed by atoms with Crippen LogP contribution in [-0.2, 0) is 20.8 Å². The lowest BCUT2D eigenvalue weighted by atomic mass is 10.1. The van der Waals surface area contributed by atoms with Crippen molar-refractivity contribution in [3.05, 3.63) is 23.8 Å². The fourth-order valence-corrected chi connectivity index (χ4v) is 5.08. The van der Waals surface area contributed by atoms with E-state index in [1.807, 2.05) is 13.8 Å². The van der Waals surface area contributed by atoms with E-state index in [1.165, 1.54) is 32.4 Å². The normalized spacial score (nSPS) is 24.7. The fraction of sp³-hybridized carbons (Fsp3) is 0.533. The van der Waals surface area contributed by atoms with Crippen LogP contribution < -0.4 is 9.46 Å². The first-order chi connectivity index (χ1) is 11.2. The average molecular weight is 374 g/mol. The predicted octanol–water partition coefficient (Wildman–Crippen LogP) is 0.585. The quantitative estimate of drug-likeness (QED) is 0.832. The highest BCUT2D eigenvalue weighted by atomic mass is 32.2. The minimum Gasteiger partial charge on any atom is -0.495 e. The van der Waals surface area contributed by atoms with E-state index in [-0.39, 0.29) is 32.6 Å². The van der Waals surface area contributed by atoms with Crippen molar-refractivity contribution in [1.82, 2.24) is 9.62 Å². The predicted molar refractivity (Wildman–Crippen MR) is 92.2 cm³/mol. The smallest absolute Gasteiger partial charge is 0.253 e. The molecule has 1 aromatic carbocycles. The number of methoxy groups -OCH3 is 1. The van der Waals surface area contributed by atoms with Gasteiger partial charge in [-0.15, -0.1) is 0 Å². The summed E-state index contributed by atoms with van der Waals surface area (Å²) >= 11 is 0. The first-order valence-electron chi connectivity index (χ1n) is 7.51. The molecule has 0 spiro atoms. The van der Waals surface area contributed by atoms with Gasteiger partial charge in [0.15, 0.2) is 0 Å². The Kier molecular flexibility index (Phi) is 5.67. The number of hydrogen-bond acceptors (Lipinski definition) is 5. The molecule has 0 bridgehead atoms. The second-order valence-corrected chi connectivity index (χ2v) is 9.85. The van der Waals surface area contributed by atoms with Crippen LogP contribution in [0, 0.1) is 0 Å².